The van der Waals surface area contributed by atoms with Gasteiger partial charge in [-0.2, -0.15) is 0 Å². The molecule has 0 saturated heterocycles. The highest BCUT2D eigenvalue weighted by atomic mass is 16.6. The number of fused-ring (bicyclic) bond motifs is 1. The molecule has 0 bridgehead atoms. The third kappa shape index (κ3) is 3.31. The zero-order valence-electron chi connectivity index (χ0n) is 13.1. The van der Waals surface area contributed by atoms with Crippen LogP contribution < -0.4 is 16.3 Å². The quantitative estimate of drug-likeness (QED) is 0.704. The Morgan fingerprint density at radius 2 is 1.67 bits per heavy atom. The van der Waals surface area contributed by atoms with Crippen molar-refractivity contribution in [2.45, 2.75) is 50.6 Å². The lowest BCUT2D eigenvalue weighted by Gasteiger charge is -2.29. The number of aryl methyl sites for hydroxylation is 1. The lowest BCUT2D eigenvalue weighted by Crippen LogP contribution is -2.41. The van der Waals surface area contributed by atoms with Crippen molar-refractivity contribution in [1.29, 1.82) is 0 Å². The van der Waals surface area contributed by atoms with Crippen LogP contribution in [0.4, 0.5) is 11.4 Å². The van der Waals surface area contributed by atoms with Crippen LogP contribution in [-0.2, 0) is 22.5 Å². The van der Waals surface area contributed by atoms with E-state index in [4.69, 9.17) is 9.68 Å². The molecular formula is C16H25N3O2. The summed E-state index contributed by atoms with van der Waals surface area (Å²) in [5.41, 5.74) is 10.9. The number of nitrogens with one attached hydrogen (secondary N) is 3. The molecule has 0 radical (unpaired) electrons. The number of anilines is 2. The van der Waals surface area contributed by atoms with Crippen LogP contribution in [0.15, 0.2) is 12.1 Å². The van der Waals surface area contributed by atoms with Gasteiger partial charge in [-0.05, 0) is 62.3 Å². The van der Waals surface area contributed by atoms with Gasteiger partial charge in [-0.25, -0.2) is 0 Å². The molecule has 0 heterocycles. The summed E-state index contributed by atoms with van der Waals surface area (Å²) < 4.78 is 0. The Bertz CT molecular complexity index is 514. The Labute approximate surface area is 126 Å². The first-order valence-corrected chi connectivity index (χ1v) is 7.65. The number of benzene rings is 1. The highest BCUT2D eigenvalue weighted by Crippen LogP contribution is 2.37. The molecule has 1 aromatic carbocycles. The molecule has 5 nitrogen and oxygen atoms in total. The highest BCUT2D eigenvalue weighted by molar-refractivity contribution is 5.70. The Morgan fingerprint density at radius 1 is 1.05 bits per heavy atom. The lowest BCUT2D eigenvalue weighted by molar-refractivity contribution is 0.262. The van der Waals surface area contributed by atoms with Gasteiger partial charge in [0.25, 0.3) is 0 Å². The van der Waals surface area contributed by atoms with Crippen molar-refractivity contribution in [2.24, 2.45) is 0 Å². The molecule has 1 saturated carbocycles. The smallest absolute Gasteiger partial charge is 0.0861 e. The van der Waals surface area contributed by atoms with Gasteiger partial charge in [0.2, 0.25) is 0 Å². The normalized spacial score (nSPS) is 22.5. The molecule has 0 aromatic heterocycles. The molecule has 2 aliphatic carbocycles. The Balaban J connectivity index is 1.78. The van der Waals surface area contributed by atoms with Crippen LogP contribution >= 0.6 is 0 Å². The lowest BCUT2D eigenvalue weighted by atomic mass is 9.87. The van der Waals surface area contributed by atoms with Gasteiger partial charge >= 0.3 is 0 Å². The van der Waals surface area contributed by atoms with Gasteiger partial charge in [-0.3, -0.25) is 20.6 Å². The summed E-state index contributed by atoms with van der Waals surface area (Å²) in [7, 11) is 3.24. The van der Waals surface area contributed by atoms with Crippen molar-refractivity contribution in [2.75, 3.05) is 25.2 Å². The van der Waals surface area contributed by atoms with E-state index in [1.165, 1.54) is 30.4 Å². The van der Waals surface area contributed by atoms with Gasteiger partial charge < -0.3 is 5.32 Å². The van der Waals surface area contributed by atoms with E-state index < -0.39 is 0 Å². The molecule has 3 rings (SSSR count). The van der Waals surface area contributed by atoms with Gasteiger partial charge in [-0.1, -0.05) is 0 Å². The van der Waals surface area contributed by atoms with Crippen LogP contribution in [0.25, 0.3) is 0 Å². The van der Waals surface area contributed by atoms with Crippen molar-refractivity contribution in [3.8, 4) is 0 Å². The second-order valence-corrected chi connectivity index (χ2v) is 6.42. The summed E-state index contributed by atoms with van der Waals surface area (Å²) in [5, 5.41) is 3.81. The van der Waals surface area contributed by atoms with Gasteiger partial charge in [0.05, 0.1) is 25.6 Å². The summed E-state index contributed by atoms with van der Waals surface area (Å²) in [6.07, 6.45) is 6.00. The van der Waals surface area contributed by atoms with Crippen LogP contribution in [0.1, 0.15) is 37.3 Å². The van der Waals surface area contributed by atoms with E-state index in [9.17, 15) is 0 Å². The molecule has 2 aliphatic rings. The predicted octanol–water partition coefficient (Wildman–Crippen LogP) is 2.63. The predicted molar refractivity (Wildman–Crippen MR) is 84.3 cm³/mol. The van der Waals surface area contributed by atoms with Crippen molar-refractivity contribution >= 4 is 11.4 Å². The fourth-order valence-electron chi connectivity index (χ4n) is 3.15. The highest BCUT2D eigenvalue weighted by Gasteiger charge is 2.39. The molecule has 3 N–H and O–H groups in total. The van der Waals surface area contributed by atoms with Crippen LogP contribution in [0, 0.1) is 0 Å². The Hall–Kier alpha value is -1.30. The van der Waals surface area contributed by atoms with Crippen molar-refractivity contribution in [3.63, 3.8) is 0 Å². The molecule has 1 atom stereocenters. The average molecular weight is 291 g/mol. The van der Waals surface area contributed by atoms with Gasteiger partial charge in [0.15, 0.2) is 0 Å². The van der Waals surface area contributed by atoms with E-state index in [0.29, 0.717) is 11.6 Å². The average Bonchev–Trinajstić information content (AvgIpc) is 3.17. The summed E-state index contributed by atoms with van der Waals surface area (Å²) in [6.45, 7) is 2.33. The third-order valence-electron chi connectivity index (χ3n) is 4.54. The van der Waals surface area contributed by atoms with Crippen LogP contribution in [0.2, 0.25) is 0 Å². The first-order chi connectivity index (χ1) is 10.1. The zero-order chi connectivity index (χ0) is 14.9. The molecule has 1 aromatic rings. The minimum atomic E-state index is 0.396. The second-order valence-electron chi connectivity index (χ2n) is 6.42. The largest absolute Gasteiger partial charge is 0.308 e. The van der Waals surface area contributed by atoms with E-state index in [0.717, 1.165) is 24.2 Å². The number of rotatable bonds is 6. The Morgan fingerprint density at radius 3 is 2.24 bits per heavy atom. The van der Waals surface area contributed by atoms with Crippen molar-refractivity contribution < 1.29 is 9.68 Å². The van der Waals surface area contributed by atoms with E-state index in [1.807, 2.05) is 0 Å². The molecule has 0 aliphatic heterocycles. The molecule has 0 amide bonds. The van der Waals surface area contributed by atoms with Gasteiger partial charge in [0, 0.05) is 11.6 Å². The van der Waals surface area contributed by atoms with Gasteiger partial charge in [0.1, 0.15) is 0 Å². The molecular weight excluding hydrogens is 266 g/mol. The fraction of sp³-hybridized carbons (Fsp3) is 0.625. The molecule has 116 valence electrons. The van der Waals surface area contributed by atoms with Crippen LogP contribution in [0.5, 0.6) is 0 Å². The summed E-state index contributed by atoms with van der Waals surface area (Å²) >= 11 is 0. The summed E-state index contributed by atoms with van der Waals surface area (Å²) in [6, 6.07) is 4.92. The maximum absolute atomic E-state index is 5.06. The molecule has 0 spiro atoms. The first-order valence-electron chi connectivity index (χ1n) is 7.65. The standard InChI is InChI=1S/C16H25N3O2/c1-16(6-7-16)17-13-5-4-11-9-14(18-20-2)15(19-21-3)10-12(11)8-13/h9-10,13,17-19H,4-8H2,1-3H3. The second kappa shape index (κ2) is 5.83. The monoisotopic (exact) mass is 291 g/mol. The maximum atomic E-state index is 5.06. The first kappa shape index (κ1) is 14.6. The molecule has 1 fully saturated rings. The fourth-order valence-corrected chi connectivity index (χ4v) is 3.15. The molecule has 5 heteroatoms. The van der Waals surface area contributed by atoms with Crippen molar-refractivity contribution in [1.82, 2.24) is 5.32 Å². The molecule has 21 heavy (non-hydrogen) atoms. The Kier molecular flexibility index (Phi) is 4.06. The van der Waals surface area contributed by atoms with Crippen molar-refractivity contribution in [3.05, 3.63) is 23.3 Å². The topological polar surface area (TPSA) is 54.5 Å². The number of hydrogen-bond donors (Lipinski definition) is 3. The van der Waals surface area contributed by atoms with E-state index >= 15 is 0 Å². The van der Waals surface area contributed by atoms with Gasteiger partial charge in [-0.15, -0.1) is 0 Å². The van der Waals surface area contributed by atoms with E-state index in [-0.39, 0.29) is 0 Å². The summed E-state index contributed by atoms with van der Waals surface area (Å²) in [5.74, 6) is 0. The minimum Gasteiger partial charge on any atom is -0.308 e. The number of hydrogen-bond acceptors (Lipinski definition) is 5. The van der Waals surface area contributed by atoms with E-state index in [2.05, 4.69) is 35.3 Å². The maximum Gasteiger partial charge on any atom is 0.0861 e. The third-order valence-corrected chi connectivity index (χ3v) is 4.54. The summed E-state index contributed by atoms with van der Waals surface area (Å²) in [4.78, 5) is 10.1. The van der Waals surface area contributed by atoms with Crippen LogP contribution in [-0.4, -0.2) is 25.8 Å². The molecule has 1 unspecified atom stereocenters. The SMILES string of the molecule is CONc1cc2c(cc1NOC)CC(NC1(C)CC1)CC2. The zero-order valence-corrected chi connectivity index (χ0v) is 13.1. The van der Waals surface area contributed by atoms with Crippen LogP contribution in [0.3, 0.4) is 0 Å². The van der Waals surface area contributed by atoms with E-state index in [1.54, 1.807) is 14.2 Å². The minimum absolute atomic E-state index is 0.396.